The third-order valence-corrected chi connectivity index (χ3v) is 2.44. The molecule has 0 amide bonds. The van der Waals surface area contributed by atoms with Crippen molar-refractivity contribution in [2.75, 3.05) is 0 Å². The Labute approximate surface area is 92.7 Å². The van der Waals surface area contributed by atoms with E-state index < -0.39 is 0 Å². The van der Waals surface area contributed by atoms with E-state index in [9.17, 15) is 5.11 Å². The highest BCUT2D eigenvalue weighted by atomic mass is 16.5. The van der Waals surface area contributed by atoms with Gasteiger partial charge in [-0.3, -0.25) is 0 Å². The van der Waals surface area contributed by atoms with Crippen LogP contribution < -0.4 is 0 Å². The molecule has 0 spiro atoms. The standard InChI is InChI=1S/C12H10N2O2/c1-7-12(8(2)16-14-7)9-3-4-11(15)10(5-9)6-13/h3-5,15H,1-2H3. The summed E-state index contributed by atoms with van der Waals surface area (Å²) < 4.78 is 5.06. The zero-order valence-electron chi connectivity index (χ0n) is 8.98. The summed E-state index contributed by atoms with van der Waals surface area (Å²) in [4.78, 5) is 0. The maximum absolute atomic E-state index is 9.41. The minimum Gasteiger partial charge on any atom is -0.507 e. The SMILES string of the molecule is Cc1noc(C)c1-c1ccc(O)c(C#N)c1. The molecule has 0 radical (unpaired) electrons. The summed E-state index contributed by atoms with van der Waals surface area (Å²) >= 11 is 0. The quantitative estimate of drug-likeness (QED) is 0.791. The third-order valence-electron chi connectivity index (χ3n) is 2.44. The van der Waals surface area contributed by atoms with E-state index in [0.29, 0.717) is 5.76 Å². The van der Waals surface area contributed by atoms with E-state index in [1.54, 1.807) is 12.1 Å². The van der Waals surface area contributed by atoms with Gasteiger partial charge in [-0.05, 0) is 31.5 Å². The van der Waals surface area contributed by atoms with Crippen LogP contribution in [0.15, 0.2) is 22.7 Å². The topological polar surface area (TPSA) is 70.1 Å². The average molecular weight is 214 g/mol. The lowest BCUT2D eigenvalue weighted by molar-refractivity contribution is 0.393. The van der Waals surface area contributed by atoms with Crippen LogP contribution in [0.3, 0.4) is 0 Å². The lowest BCUT2D eigenvalue weighted by Crippen LogP contribution is -1.84. The fourth-order valence-electron chi connectivity index (χ4n) is 1.68. The van der Waals surface area contributed by atoms with Gasteiger partial charge in [-0.25, -0.2) is 0 Å². The first-order valence-corrected chi connectivity index (χ1v) is 4.80. The van der Waals surface area contributed by atoms with Crippen molar-refractivity contribution >= 4 is 0 Å². The summed E-state index contributed by atoms with van der Waals surface area (Å²) in [6, 6.07) is 6.80. The fraction of sp³-hybridized carbons (Fsp3) is 0.167. The van der Waals surface area contributed by atoms with E-state index in [1.807, 2.05) is 19.9 Å². The molecule has 0 aliphatic rings. The Hall–Kier alpha value is -2.28. The van der Waals surface area contributed by atoms with Gasteiger partial charge in [-0.1, -0.05) is 11.2 Å². The average Bonchev–Trinajstić information content (AvgIpc) is 2.60. The van der Waals surface area contributed by atoms with E-state index >= 15 is 0 Å². The van der Waals surface area contributed by atoms with Crippen molar-refractivity contribution in [3.63, 3.8) is 0 Å². The largest absolute Gasteiger partial charge is 0.507 e. The Kier molecular flexibility index (Phi) is 2.37. The number of hydrogen-bond acceptors (Lipinski definition) is 4. The Morgan fingerprint density at radius 3 is 2.69 bits per heavy atom. The van der Waals surface area contributed by atoms with E-state index in [4.69, 9.17) is 9.78 Å². The second kappa shape index (κ2) is 3.70. The van der Waals surface area contributed by atoms with Crippen molar-refractivity contribution < 1.29 is 9.63 Å². The molecule has 0 atom stereocenters. The lowest BCUT2D eigenvalue weighted by Gasteiger charge is -2.02. The van der Waals surface area contributed by atoms with Gasteiger partial charge in [0, 0.05) is 5.56 Å². The highest BCUT2D eigenvalue weighted by molar-refractivity contribution is 5.70. The first-order valence-electron chi connectivity index (χ1n) is 4.80. The Bertz CT molecular complexity index is 560. The van der Waals surface area contributed by atoms with E-state index in [0.717, 1.165) is 16.8 Å². The van der Waals surface area contributed by atoms with Crippen molar-refractivity contribution in [1.29, 1.82) is 5.26 Å². The minimum absolute atomic E-state index is 0.0157. The highest BCUT2D eigenvalue weighted by Crippen LogP contribution is 2.29. The van der Waals surface area contributed by atoms with Gasteiger partial charge in [-0.15, -0.1) is 0 Å². The van der Waals surface area contributed by atoms with Crippen LogP contribution in [0.25, 0.3) is 11.1 Å². The Balaban J connectivity index is 2.62. The van der Waals surface area contributed by atoms with Crippen molar-refractivity contribution in [2.45, 2.75) is 13.8 Å². The van der Waals surface area contributed by atoms with Gasteiger partial charge < -0.3 is 9.63 Å². The van der Waals surface area contributed by atoms with Crippen molar-refractivity contribution in [3.8, 4) is 22.9 Å². The van der Waals surface area contributed by atoms with E-state index in [1.165, 1.54) is 6.07 Å². The van der Waals surface area contributed by atoms with Crippen LogP contribution in [-0.4, -0.2) is 10.3 Å². The number of benzene rings is 1. The van der Waals surface area contributed by atoms with E-state index in [2.05, 4.69) is 5.16 Å². The number of aryl methyl sites for hydroxylation is 2. The molecule has 0 saturated heterocycles. The number of phenols is 1. The normalized spacial score (nSPS) is 10.1. The molecule has 0 fully saturated rings. The van der Waals surface area contributed by atoms with Crippen LogP contribution in [0.2, 0.25) is 0 Å². The molecule has 1 aromatic carbocycles. The van der Waals surface area contributed by atoms with Crippen LogP contribution >= 0.6 is 0 Å². The van der Waals surface area contributed by atoms with Gasteiger partial charge in [0.1, 0.15) is 17.6 Å². The van der Waals surface area contributed by atoms with Gasteiger partial charge in [0.2, 0.25) is 0 Å². The van der Waals surface area contributed by atoms with Crippen molar-refractivity contribution in [3.05, 3.63) is 35.2 Å². The Morgan fingerprint density at radius 1 is 1.38 bits per heavy atom. The summed E-state index contributed by atoms with van der Waals surface area (Å²) in [5.41, 5.74) is 2.71. The summed E-state index contributed by atoms with van der Waals surface area (Å²) in [5, 5.41) is 22.1. The lowest BCUT2D eigenvalue weighted by atomic mass is 10.0. The molecule has 0 aliphatic heterocycles. The number of nitriles is 1. The molecular weight excluding hydrogens is 204 g/mol. The third kappa shape index (κ3) is 1.52. The predicted octanol–water partition coefficient (Wildman–Crippen LogP) is 2.54. The van der Waals surface area contributed by atoms with Gasteiger partial charge in [-0.2, -0.15) is 5.26 Å². The van der Waals surface area contributed by atoms with Gasteiger partial charge in [0.25, 0.3) is 0 Å². The predicted molar refractivity (Wildman–Crippen MR) is 57.8 cm³/mol. The summed E-state index contributed by atoms with van der Waals surface area (Å²) in [7, 11) is 0. The van der Waals surface area contributed by atoms with Gasteiger partial charge in [0.15, 0.2) is 0 Å². The molecule has 1 N–H and O–H groups in total. The highest BCUT2D eigenvalue weighted by Gasteiger charge is 2.12. The number of rotatable bonds is 1. The molecule has 1 heterocycles. The second-order valence-corrected chi connectivity index (χ2v) is 3.54. The molecule has 80 valence electrons. The zero-order chi connectivity index (χ0) is 11.7. The van der Waals surface area contributed by atoms with Crippen LogP contribution in [0.4, 0.5) is 0 Å². The molecule has 2 rings (SSSR count). The maximum Gasteiger partial charge on any atom is 0.141 e. The molecule has 16 heavy (non-hydrogen) atoms. The van der Waals surface area contributed by atoms with Gasteiger partial charge >= 0.3 is 0 Å². The summed E-state index contributed by atoms with van der Waals surface area (Å²) in [6.07, 6.45) is 0. The van der Waals surface area contributed by atoms with Crippen molar-refractivity contribution in [1.82, 2.24) is 5.16 Å². The number of hydrogen-bond donors (Lipinski definition) is 1. The molecule has 0 unspecified atom stereocenters. The number of nitrogens with zero attached hydrogens (tertiary/aromatic N) is 2. The number of aromatic hydroxyl groups is 1. The first-order chi connectivity index (χ1) is 7.63. The second-order valence-electron chi connectivity index (χ2n) is 3.54. The van der Waals surface area contributed by atoms with Crippen LogP contribution in [0.1, 0.15) is 17.0 Å². The number of aromatic nitrogens is 1. The molecule has 4 heteroatoms. The zero-order valence-corrected chi connectivity index (χ0v) is 8.98. The van der Waals surface area contributed by atoms with Crippen LogP contribution in [0.5, 0.6) is 5.75 Å². The van der Waals surface area contributed by atoms with Crippen LogP contribution in [-0.2, 0) is 0 Å². The first kappa shape index (κ1) is 10.2. The van der Waals surface area contributed by atoms with Crippen molar-refractivity contribution in [2.24, 2.45) is 0 Å². The monoisotopic (exact) mass is 214 g/mol. The maximum atomic E-state index is 9.41. The molecule has 4 nitrogen and oxygen atoms in total. The van der Waals surface area contributed by atoms with Gasteiger partial charge in [0.05, 0.1) is 11.3 Å². The molecular formula is C12H10N2O2. The number of phenolic OH excluding ortho intramolecular Hbond substituents is 1. The molecule has 0 bridgehead atoms. The Morgan fingerprint density at radius 2 is 2.12 bits per heavy atom. The molecule has 2 aromatic rings. The van der Waals surface area contributed by atoms with Crippen LogP contribution in [0, 0.1) is 25.2 Å². The smallest absolute Gasteiger partial charge is 0.141 e. The molecule has 0 saturated carbocycles. The molecule has 0 aliphatic carbocycles. The summed E-state index contributed by atoms with van der Waals surface area (Å²) in [6.45, 7) is 3.65. The summed E-state index contributed by atoms with van der Waals surface area (Å²) in [5.74, 6) is 0.685. The minimum atomic E-state index is -0.0157. The molecule has 1 aromatic heterocycles. The van der Waals surface area contributed by atoms with E-state index in [-0.39, 0.29) is 11.3 Å². The fourth-order valence-corrected chi connectivity index (χ4v) is 1.68.